The van der Waals surface area contributed by atoms with Crippen molar-refractivity contribution in [3.63, 3.8) is 0 Å². The van der Waals surface area contributed by atoms with Crippen LogP contribution in [0.4, 0.5) is 0 Å². The fraction of sp³-hybridized carbons (Fsp3) is 0.650. The Bertz CT molecular complexity index is 542. The first-order valence-electron chi connectivity index (χ1n) is 9.32. The van der Waals surface area contributed by atoms with E-state index < -0.39 is 0 Å². The fourth-order valence-corrected chi connectivity index (χ4v) is 3.45. The smallest absolute Gasteiger partial charge is 0.220 e. The summed E-state index contributed by atoms with van der Waals surface area (Å²) in [5.74, 6) is 2.74. The Morgan fingerprint density at radius 3 is 2.80 bits per heavy atom. The lowest BCUT2D eigenvalue weighted by Crippen LogP contribution is -2.35. The molecule has 2 N–H and O–H groups in total. The van der Waals surface area contributed by atoms with Gasteiger partial charge in [0.05, 0.1) is 14.2 Å². The maximum absolute atomic E-state index is 12.1. The minimum absolute atomic E-state index is 0.172. The van der Waals surface area contributed by atoms with Crippen LogP contribution in [0.2, 0.25) is 0 Å². The van der Waals surface area contributed by atoms with Crippen molar-refractivity contribution >= 4 is 5.91 Å². The summed E-state index contributed by atoms with van der Waals surface area (Å²) in [5, 5.41) is 6.48. The zero-order chi connectivity index (χ0) is 18.1. The molecule has 140 valence electrons. The largest absolute Gasteiger partial charge is 0.493 e. The fourth-order valence-electron chi connectivity index (χ4n) is 3.45. The van der Waals surface area contributed by atoms with Gasteiger partial charge in [0.15, 0.2) is 11.5 Å². The number of hydrogen-bond donors (Lipinski definition) is 2. The van der Waals surface area contributed by atoms with Crippen LogP contribution in [-0.4, -0.2) is 39.8 Å². The van der Waals surface area contributed by atoms with Gasteiger partial charge in [-0.05, 0) is 68.3 Å². The summed E-state index contributed by atoms with van der Waals surface area (Å²) < 4.78 is 10.6. The van der Waals surface area contributed by atoms with Crippen molar-refractivity contribution < 1.29 is 14.3 Å². The molecule has 5 heteroatoms. The summed E-state index contributed by atoms with van der Waals surface area (Å²) >= 11 is 0. The minimum atomic E-state index is 0.172. The van der Waals surface area contributed by atoms with Crippen LogP contribution in [-0.2, 0) is 11.2 Å². The highest BCUT2D eigenvalue weighted by atomic mass is 16.5. The molecule has 5 nitrogen and oxygen atoms in total. The van der Waals surface area contributed by atoms with Crippen LogP contribution in [0.3, 0.4) is 0 Å². The third-order valence-electron chi connectivity index (χ3n) is 5.06. The van der Waals surface area contributed by atoms with Crippen LogP contribution in [0.25, 0.3) is 0 Å². The first-order valence-corrected chi connectivity index (χ1v) is 9.32. The van der Waals surface area contributed by atoms with Gasteiger partial charge in [-0.3, -0.25) is 4.79 Å². The lowest BCUT2D eigenvalue weighted by atomic mass is 9.85. The average molecular weight is 348 g/mol. The molecular weight excluding hydrogens is 316 g/mol. The van der Waals surface area contributed by atoms with Gasteiger partial charge in [-0.1, -0.05) is 13.0 Å². The number of ether oxygens (including phenoxy) is 2. The Morgan fingerprint density at radius 2 is 2.12 bits per heavy atom. The number of methoxy groups -OCH3 is 2. The summed E-state index contributed by atoms with van der Waals surface area (Å²) in [6.45, 7) is 5.07. The Morgan fingerprint density at radius 1 is 1.32 bits per heavy atom. The molecule has 1 aliphatic rings. The highest BCUT2D eigenvalue weighted by Crippen LogP contribution is 2.28. The van der Waals surface area contributed by atoms with E-state index in [1.165, 1.54) is 18.4 Å². The SMILES string of the molecule is COc1ccc(CCCNC(=O)CC(C)C2CCCNC2)cc1OC. The van der Waals surface area contributed by atoms with E-state index in [-0.39, 0.29) is 5.91 Å². The second-order valence-electron chi connectivity index (χ2n) is 6.93. The molecular formula is C20H32N2O3. The van der Waals surface area contributed by atoms with Crippen molar-refractivity contribution in [1.29, 1.82) is 0 Å². The molecule has 2 atom stereocenters. The molecule has 1 aliphatic heterocycles. The highest BCUT2D eigenvalue weighted by molar-refractivity contribution is 5.76. The van der Waals surface area contributed by atoms with Crippen molar-refractivity contribution in [2.24, 2.45) is 11.8 Å². The number of aryl methyl sites for hydroxylation is 1. The maximum atomic E-state index is 12.1. The topological polar surface area (TPSA) is 59.6 Å². The third-order valence-corrected chi connectivity index (χ3v) is 5.06. The number of nitrogens with one attached hydrogen (secondary N) is 2. The molecule has 1 amide bonds. The average Bonchev–Trinajstić information content (AvgIpc) is 2.65. The first-order chi connectivity index (χ1) is 12.1. The predicted molar refractivity (Wildman–Crippen MR) is 100 cm³/mol. The van der Waals surface area contributed by atoms with E-state index in [1.807, 2.05) is 18.2 Å². The van der Waals surface area contributed by atoms with Gasteiger partial charge in [0.25, 0.3) is 0 Å². The van der Waals surface area contributed by atoms with E-state index in [0.717, 1.165) is 37.4 Å². The number of amides is 1. The maximum Gasteiger partial charge on any atom is 0.220 e. The van der Waals surface area contributed by atoms with Gasteiger partial charge in [0.2, 0.25) is 5.91 Å². The lowest BCUT2D eigenvalue weighted by molar-refractivity contribution is -0.122. The molecule has 0 aromatic heterocycles. The van der Waals surface area contributed by atoms with Gasteiger partial charge >= 0.3 is 0 Å². The Kier molecular flexibility index (Phi) is 8.06. The van der Waals surface area contributed by atoms with Crippen LogP contribution in [0.15, 0.2) is 18.2 Å². The van der Waals surface area contributed by atoms with Crippen molar-refractivity contribution in [3.05, 3.63) is 23.8 Å². The van der Waals surface area contributed by atoms with Gasteiger partial charge in [0, 0.05) is 13.0 Å². The van der Waals surface area contributed by atoms with Gasteiger partial charge in [-0.2, -0.15) is 0 Å². The van der Waals surface area contributed by atoms with Crippen LogP contribution >= 0.6 is 0 Å². The molecule has 1 aromatic carbocycles. The normalized spacial score (nSPS) is 18.4. The standard InChI is InChI=1S/C20H32N2O3/c1-15(17-7-5-10-21-14-17)12-20(23)22-11-4-6-16-8-9-18(24-2)19(13-16)25-3/h8-9,13,15,17,21H,4-7,10-12,14H2,1-3H3,(H,22,23). The van der Waals surface area contributed by atoms with E-state index in [1.54, 1.807) is 14.2 Å². The summed E-state index contributed by atoms with van der Waals surface area (Å²) in [4.78, 5) is 12.1. The Hall–Kier alpha value is -1.75. The summed E-state index contributed by atoms with van der Waals surface area (Å²) in [7, 11) is 3.28. The third kappa shape index (κ3) is 6.24. The molecule has 1 heterocycles. The zero-order valence-electron chi connectivity index (χ0n) is 15.8. The van der Waals surface area contributed by atoms with Crippen LogP contribution in [0.1, 0.15) is 38.2 Å². The van der Waals surface area contributed by atoms with E-state index in [0.29, 0.717) is 24.8 Å². The lowest BCUT2D eigenvalue weighted by Gasteiger charge is -2.28. The quantitative estimate of drug-likeness (QED) is 0.674. The van der Waals surface area contributed by atoms with Crippen molar-refractivity contribution in [2.75, 3.05) is 33.9 Å². The molecule has 0 bridgehead atoms. The number of hydrogen-bond acceptors (Lipinski definition) is 4. The molecule has 1 fully saturated rings. The van der Waals surface area contributed by atoms with Gasteiger partial charge < -0.3 is 20.1 Å². The predicted octanol–water partition coefficient (Wildman–Crippen LogP) is 2.78. The molecule has 0 radical (unpaired) electrons. The van der Waals surface area contributed by atoms with E-state index in [4.69, 9.17) is 9.47 Å². The van der Waals surface area contributed by atoms with Gasteiger partial charge in [0.1, 0.15) is 0 Å². The number of carbonyl (C=O) groups is 1. The van der Waals surface area contributed by atoms with Crippen molar-refractivity contribution in [1.82, 2.24) is 10.6 Å². The number of rotatable bonds is 9. The molecule has 0 saturated carbocycles. The Balaban J connectivity index is 1.67. The summed E-state index contributed by atoms with van der Waals surface area (Å²) in [6, 6.07) is 5.97. The number of benzene rings is 1. The Labute approximate surface area is 151 Å². The molecule has 1 saturated heterocycles. The van der Waals surface area contributed by atoms with Crippen molar-refractivity contribution in [3.8, 4) is 11.5 Å². The molecule has 0 aliphatic carbocycles. The molecule has 25 heavy (non-hydrogen) atoms. The van der Waals surface area contributed by atoms with Gasteiger partial charge in [-0.25, -0.2) is 0 Å². The summed E-state index contributed by atoms with van der Waals surface area (Å²) in [6.07, 6.45) is 4.91. The summed E-state index contributed by atoms with van der Waals surface area (Å²) in [5.41, 5.74) is 1.19. The van der Waals surface area contributed by atoms with Crippen LogP contribution < -0.4 is 20.1 Å². The van der Waals surface area contributed by atoms with E-state index >= 15 is 0 Å². The molecule has 2 rings (SSSR count). The first kappa shape index (κ1) is 19.6. The zero-order valence-corrected chi connectivity index (χ0v) is 15.8. The molecule has 1 aromatic rings. The number of carbonyl (C=O) groups excluding carboxylic acids is 1. The van der Waals surface area contributed by atoms with E-state index in [9.17, 15) is 4.79 Å². The van der Waals surface area contributed by atoms with Crippen molar-refractivity contribution in [2.45, 2.75) is 39.0 Å². The number of piperidine rings is 1. The van der Waals surface area contributed by atoms with E-state index in [2.05, 4.69) is 17.6 Å². The second-order valence-corrected chi connectivity index (χ2v) is 6.93. The highest BCUT2D eigenvalue weighted by Gasteiger charge is 2.21. The van der Waals surface area contributed by atoms with Crippen LogP contribution in [0, 0.1) is 11.8 Å². The molecule has 0 spiro atoms. The monoisotopic (exact) mass is 348 g/mol. The molecule has 2 unspecified atom stereocenters. The van der Waals surface area contributed by atoms with Crippen LogP contribution in [0.5, 0.6) is 11.5 Å². The second kappa shape index (κ2) is 10.3. The minimum Gasteiger partial charge on any atom is -0.493 e. The van der Waals surface area contributed by atoms with Gasteiger partial charge in [-0.15, -0.1) is 0 Å².